The van der Waals surface area contributed by atoms with Gasteiger partial charge in [0.25, 0.3) is 0 Å². The number of hydrogen-bond acceptors (Lipinski definition) is 2. The van der Waals surface area contributed by atoms with Gasteiger partial charge in [-0.05, 0) is 24.6 Å². The highest BCUT2D eigenvalue weighted by Crippen LogP contribution is 2.12. The van der Waals surface area contributed by atoms with Crippen LogP contribution in [0.4, 0.5) is 0 Å². The summed E-state index contributed by atoms with van der Waals surface area (Å²) >= 11 is 4.81. The van der Waals surface area contributed by atoms with E-state index in [1.165, 1.54) is 77.0 Å². The van der Waals surface area contributed by atoms with E-state index in [2.05, 4.69) is 0 Å². The lowest BCUT2D eigenvalue weighted by atomic mass is 10.0. The molecular weight excluding hydrogens is 240 g/mol. The zero-order chi connectivity index (χ0) is 13.3. The van der Waals surface area contributed by atoms with Crippen molar-refractivity contribution in [3.05, 3.63) is 0 Å². The van der Waals surface area contributed by atoms with E-state index in [9.17, 15) is 0 Å². The minimum Gasteiger partial charge on any atom is -0.396 e. The van der Waals surface area contributed by atoms with Crippen LogP contribution in [0.3, 0.4) is 0 Å². The Labute approximate surface area is 119 Å². The van der Waals surface area contributed by atoms with Crippen LogP contribution < -0.4 is 0 Å². The molecule has 0 aliphatic rings. The molecule has 0 unspecified atom stereocenters. The van der Waals surface area contributed by atoms with Crippen LogP contribution in [-0.4, -0.2) is 17.1 Å². The molecule has 0 aromatic rings. The number of aliphatic hydroxyl groups is 1. The highest BCUT2D eigenvalue weighted by molar-refractivity contribution is 7.78. The van der Waals surface area contributed by atoms with Gasteiger partial charge in [0.15, 0.2) is 0 Å². The molecule has 0 amide bonds. The molecule has 108 valence electrons. The zero-order valence-corrected chi connectivity index (χ0v) is 12.9. The number of thiocarbonyl (C=S) groups is 1. The smallest absolute Gasteiger partial charge is 0.0431 e. The molecule has 0 rings (SSSR count). The van der Waals surface area contributed by atoms with E-state index in [0.717, 1.165) is 12.8 Å². The van der Waals surface area contributed by atoms with Crippen LogP contribution in [0, 0.1) is 0 Å². The Morgan fingerprint density at radius 1 is 0.556 bits per heavy atom. The molecule has 0 fully saturated rings. The van der Waals surface area contributed by atoms with Crippen LogP contribution in [0.2, 0.25) is 0 Å². The van der Waals surface area contributed by atoms with Crippen molar-refractivity contribution in [2.45, 2.75) is 89.9 Å². The maximum absolute atomic E-state index is 8.65. The third kappa shape index (κ3) is 16.1. The summed E-state index contributed by atoms with van der Waals surface area (Å²) in [5.74, 6) is 0. The summed E-state index contributed by atoms with van der Waals surface area (Å²) in [7, 11) is 0. The fourth-order valence-corrected chi connectivity index (χ4v) is 2.45. The van der Waals surface area contributed by atoms with Crippen molar-refractivity contribution < 1.29 is 5.11 Å². The highest BCUT2D eigenvalue weighted by Gasteiger charge is 1.93. The topological polar surface area (TPSA) is 20.2 Å². The van der Waals surface area contributed by atoms with Crippen molar-refractivity contribution in [1.82, 2.24) is 0 Å². The van der Waals surface area contributed by atoms with Gasteiger partial charge in [0.2, 0.25) is 0 Å². The minimum atomic E-state index is 0.366. The molecule has 0 aliphatic carbocycles. The van der Waals surface area contributed by atoms with E-state index in [0.29, 0.717) is 6.61 Å². The monoisotopic (exact) mass is 272 g/mol. The Bertz CT molecular complexity index is 159. The highest BCUT2D eigenvalue weighted by atomic mass is 32.1. The van der Waals surface area contributed by atoms with Gasteiger partial charge in [0.1, 0.15) is 0 Å². The molecule has 0 spiro atoms. The molecule has 0 saturated carbocycles. The summed E-state index contributed by atoms with van der Waals surface area (Å²) < 4.78 is 0. The summed E-state index contributed by atoms with van der Waals surface area (Å²) in [5, 5.41) is 10.5. The fraction of sp³-hybridized carbons (Fsp3) is 0.938. The van der Waals surface area contributed by atoms with Gasteiger partial charge in [-0.2, -0.15) is 0 Å². The van der Waals surface area contributed by atoms with Crippen molar-refractivity contribution in [2.75, 3.05) is 6.61 Å². The van der Waals surface area contributed by atoms with Gasteiger partial charge < -0.3 is 5.11 Å². The molecule has 0 radical (unpaired) electrons. The van der Waals surface area contributed by atoms with Gasteiger partial charge in [-0.25, -0.2) is 0 Å². The van der Waals surface area contributed by atoms with E-state index in [1.807, 2.05) is 5.37 Å². The van der Waals surface area contributed by atoms with E-state index < -0.39 is 0 Å². The summed E-state index contributed by atoms with van der Waals surface area (Å²) in [4.78, 5) is 0. The zero-order valence-electron chi connectivity index (χ0n) is 12.0. The molecule has 0 heterocycles. The Kier molecular flexibility index (Phi) is 17.1. The Balaban J connectivity index is 2.88. The lowest BCUT2D eigenvalue weighted by Gasteiger charge is -2.02. The molecule has 0 saturated heterocycles. The molecule has 1 N–H and O–H groups in total. The second-order valence-electron chi connectivity index (χ2n) is 5.28. The average molecular weight is 272 g/mol. The fourth-order valence-electron chi connectivity index (χ4n) is 2.28. The van der Waals surface area contributed by atoms with Gasteiger partial charge in [-0.15, -0.1) is 0 Å². The van der Waals surface area contributed by atoms with Crippen LogP contribution in [0.5, 0.6) is 0 Å². The number of unbranched alkanes of at least 4 members (excludes halogenated alkanes) is 13. The summed E-state index contributed by atoms with van der Waals surface area (Å²) in [6.07, 6.45) is 18.5. The molecule has 0 aromatic carbocycles. The van der Waals surface area contributed by atoms with Crippen molar-refractivity contribution in [3.8, 4) is 0 Å². The number of hydrogen-bond donors (Lipinski definition) is 1. The molecule has 0 aromatic heterocycles. The van der Waals surface area contributed by atoms with Gasteiger partial charge in [0.05, 0.1) is 0 Å². The van der Waals surface area contributed by atoms with Crippen molar-refractivity contribution >= 4 is 17.6 Å². The molecule has 0 bridgehead atoms. The standard InChI is InChI=1S/C16H32OS/c17-15-13-11-9-7-5-3-1-2-4-6-8-10-12-14-16-18/h16-17H,1-15H2. The molecule has 2 heteroatoms. The maximum atomic E-state index is 8.65. The van der Waals surface area contributed by atoms with Crippen LogP contribution in [0.15, 0.2) is 0 Å². The van der Waals surface area contributed by atoms with E-state index in [-0.39, 0.29) is 0 Å². The Morgan fingerprint density at radius 3 is 1.22 bits per heavy atom. The SMILES string of the molecule is OCCCCCCCCCCCCCCCC=S. The predicted molar refractivity (Wildman–Crippen MR) is 85.4 cm³/mol. The van der Waals surface area contributed by atoms with Crippen LogP contribution in [-0.2, 0) is 0 Å². The van der Waals surface area contributed by atoms with Gasteiger partial charge in [-0.3, -0.25) is 0 Å². The summed E-state index contributed by atoms with van der Waals surface area (Å²) in [5.41, 5.74) is 0. The molecular formula is C16H32OS. The normalized spacial score (nSPS) is 10.7. The van der Waals surface area contributed by atoms with Crippen LogP contribution in [0.25, 0.3) is 0 Å². The average Bonchev–Trinajstić information content (AvgIpc) is 2.39. The van der Waals surface area contributed by atoms with Crippen LogP contribution in [0.1, 0.15) is 89.9 Å². The van der Waals surface area contributed by atoms with Gasteiger partial charge in [0, 0.05) is 6.61 Å². The van der Waals surface area contributed by atoms with Gasteiger partial charge >= 0.3 is 0 Å². The largest absolute Gasteiger partial charge is 0.396 e. The second kappa shape index (κ2) is 17.1. The number of aliphatic hydroxyl groups excluding tert-OH is 1. The first kappa shape index (κ1) is 18.0. The lowest BCUT2D eigenvalue weighted by Crippen LogP contribution is -1.85. The first-order chi connectivity index (χ1) is 8.91. The maximum Gasteiger partial charge on any atom is 0.0431 e. The van der Waals surface area contributed by atoms with Crippen molar-refractivity contribution in [3.63, 3.8) is 0 Å². The third-order valence-corrected chi connectivity index (χ3v) is 3.72. The Hall–Kier alpha value is 0.0500. The van der Waals surface area contributed by atoms with E-state index in [4.69, 9.17) is 17.3 Å². The molecule has 18 heavy (non-hydrogen) atoms. The quantitative estimate of drug-likeness (QED) is 0.316. The third-order valence-electron chi connectivity index (χ3n) is 3.48. The summed E-state index contributed by atoms with van der Waals surface area (Å²) in [6.45, 7) is 0.366. The first-order valence-corrected chi connectivity index (χ1v) is 8.43. The molecule has 0 aliphatic heterocycles. The predicted octanol–water partition coefficient (Wildman–Crippen LogP) is 5.44. The van der Waals surface area contributed by atoms with Crippen molar-refractivity contribution in [1.29, 1.82) is 0 Å². The summed E-state index contributed by atoms with van der Waals surface area (Å²) in [6, 6.07) is 0. The Morgan fingerprint density at radius 2 is 0.889 bits per heavy atom. The van der Waals surface area contributed by atoms with Gasteiger partial charge in [-0.1, -0.05) is 82.8 Å². The number of rotatable bonds is 15. The van der Waals surface area contributed by atoms with E-state index >= 15 is 0 Å². The molecule has 0 atom stereocenters. The van der Waals surface area contributed by atoms with Crippen molar-refractivity contribution in [2.24, 2.45) is 0 Å². The first-order valence-electron chi connectivity index (χ1n) is 7.96. The van der Waals surface area contributed by atoms with Crippen LogP contribution >= 0.6 is 12.2 Å². The second-order valence-corrected chi connectivity index (χ2v) is 5.61. The lowest BCUT2D eigenvalue weighted by molar-refractivity contribution is 0.282. The molecule has 1 nitrogen and oxygen atoms in total. The van der Waals surface area contributed by atoms with E-state index in [1.54, 1.807) is 0 Å². The minimum absolute atomic E-state index is 0.366.